The molecule has 1 aliphatic rings. The van der Waals surface area contributed by atoms with Crippen LogP contribution >= 0.6 is 11.3 Å². The fourth-order valence-electron chi connectivity index (χ4n) is 2.31. The SMILES string of the molecule is COc1cccc(N2CC(CNS(=O)(=O)c3cccs3)OC2=O)c1. The Morgan fingerprint density at radius 3 is 2.92 bits per heavy atom. The largest absolute Gasteiger partial charge is 0.497 e. The topological polar surface area (TPSA) is 84.9 Å². The number of methoxy groups -OCH3 is 1. The molecule has 1 aliphatic heterocycles. The normalized spacial score (nSPS) is 17.8. The molecule has 1 N–H and O–H groups in total. The van der Waals surface area contributed by atoms with Crippen LogP contribution in [0.3, 0.4) is 0 Å². The van der Waals surface area contributed by atoms with Crippen molar-refractivity contribution in [1.82, 2.24) is 4.72 Å². The van der Waals surface area contributed by atoms with E-state index in [-0.39, 0.29) is 17.3 Å². The minimum atomic E-state index is -3.58. The van der Waals surface area contributed by atoms with Crippen LogP contribution in [0.25, 0.3) is 0 Å². The molecule has 2 heterocycles. The van der Waals surface area contributed by atoms with Crippen molar-refractivity contribution in [2.24, 2.45) is 0 Å². The van der Waals surface area contributed by atoms with E-state index in [0.29, 0.717) is 11.4 Å². The highest BCUT2D eigenvalue weighted by Gasteiger charge is 2.33. The van der Waals surface area contributed by atoms with E-state index in [1.54, 1.807) is 42.8 Å². The van der Waals surface area contributed by atoms with Crippen LogP contribution < -0.4 is 14.4 Å². The molecular weight excluding hydrogens is 352 g/mol. The van der Waals surface area contributed by atoms with E-state index in [9.17, 15) is 13.2 Å². The first-order valence-corrected chi connectivity index (χ1v) is 9.51. The third kappa shape index (κ3) is 3.53. The van der Waals surface area contributed by atoms with Crippen molar-refractivity contribution < 1.29 is 22.7 Å². The summed E-state index contributed by atoms with van der Waals surface area (Å²) in [7, 11) is -2.03. The number of carbonyl (C=O) groups excluding carboxylic acids is 1. The van der Waals surface area contributed by atoms with Gasteiger partial charge in [0.25, 0.3) is 0 Å². The van der Waals surface area contributed by atoms with Gasteiger partial charge in [0.1, 0.15) is 16.1 Å². The molecule has 0 radical (unpaired) electrons. The highest BCUT2D eigenvalue weighted by molar-refractivity contribution is 7.91. The lowest BCUT2D eigenvalue weighted by Crippen LogP contribution is -2.34. The van der Waals surface area contributed by atoms with Gasteiger partial charge in [0.2, 0.25) is 10.0 Å². The molecule has 7 nitrogen and oxygen atoms in total. The van der Waals surface area contributed by atoms with Crippen LogP contribution in [0.4, 0.5) is 10.5 Å². The van der Waals surface area contributed by atoms with E-state index in [2.05, 4.69) is 4.72 Å². The zero-order valence-electron chi connectivity index (χ0n) is 12.8. The van der Waals surface area contributed by atoms with Crippen molar-refractivity contribution in [2.45, 2.75) is 10.3 Å². The number of rotatable bonds is 6. The summed E-state index contributed by atoms with van der Waals surface area (Å²) in [5.74, 6) is 0.627. The fraction of sp³-hybridized carbons (Fsp3) is 0.267. The zero-order chi connectivity index (χ0) is 17.2. The van der Waals surface area contributed by atoms with Gasteiger partial charge in [-0.1, -0.05) is 12.1 Å². The number of hydrogen-bond donors (Lipinski definition) is 1. The predicted molar refractivity (Wildman–Crippen MR) is 90.1 cm³/mol. The number of sulfonamides is 1. The van der Waals surface area contributed by atoms with Crippen molar-refractivity contribution in [2.75, 3.05) is 25.1 Å². The molecule has 0 aliphatic carbocycles. The van der Waals surface area contributed by atoms with Gasteiger partial charge in [-0.2, -0.15) is 0 Å². The van der Waals surface area contributed by atoms with Crippen LogP contribution in [0.5, 0.6) is 5.75 Å². The first-order chi connectivity index (χ1) is 11.5. The highest BCUT2D eigenvalue weighted by Crippen LogP contribution is 2.25. The maximum atomic E-state index is 12.1. The van der Waals surface area contributed by atoms with E-state index >= 15 is 0 Å². The molecule has 1 aromatic heterocycles. The minimum Gasteiger partial charge on any atom is -0.497 e. The van der Waals surface area contributed by atoms with Crippen LogP contribution in [0, 0.1) is 0 Å². The third-order valence-electron chi connectivity index (χ3n) is 3.50. The van der Waals surface area contributed by atoms with E-state index < -0.39 is 22.2 Å². The van der Waals surface area contributed by atoms with Crippen LogP contribution in [-0.4, -0.2) is 40.8 Å². The number of amides is 1. The van der Waals surface area contributed by atoms with Gasteiger partial charge in [-0.05, 0) is 23.6 Å². The van der Waals surface area contributed by atoms with Gasteiger partial charge in [0.15, 0.2) is 0 Å². The molecule has 24 heavy (non-hydrogen) atoms. The summed E-state index contributed by atoms with van der Waals surface area (Å²) >= 11 is 1.13. The molecule has 3 rings (SSSR count). The molecule has 0 spiro atoms. The molecule has 1 unspecified atom stereocenters. The summed E-state index contributed by atoms with van der Waals surface area (Å²) in [6.45, 7) is 0.283. The average molecular weight is 368 g/mol. The van der Waals surface area contributed by atoms with Gasteiger partial charge in [-0.15, -0.1) is 11.3 Å². The molecule has 2 aromatic rings. The number of anilines is 1. The predicted octanol–water partition coefficient (Wildman–Crippen LogP) is 2.06. The Morgan fingerprint density at radius 2 is 2.21 bits per heavy atom. The second-order valence-corrected chi connectivity index (χ2v) is 8.04. The van der Waals surface area contributed by atoms with Crippen molar-refractivity contribution in [1.29, 1.82) is 0 Å². The fourth-order valence-corrected chi connectivity index (χ4v) is 4.41. The molecule has 1 amide bonds. The molecule has 0 bridgehead atoms. The number of nitrogens with zero attached hydrogens (tertiary/aromatic N) is 1. The van der Waals surface area contributed by atoms with Gasteiger partial charge in [0.05, 0.1) is 19.3 Å². The number of ether oxygens (including phenoxy) is 2. The molecule has 1 atom stereocenters. The standard InChI is InChI=1S/C15H16N2O5S2/c1-21-12-5-2-4-11(8-12)17-10-13(22-15(17)18)9-16-24(19,20)14-6-3-7-23-14/h2-8,13,16H,9-10H2,1H3. The van der Waals surface area contributed by atoms with Crippen molar-refractivity contribution in [3.63, 3.8) is 0 Å². The molecular formula is C15H16N2O5S2. The Kier molecular flexibility index (Phi) is 4.74. The van der Waals surface area contributed by atoms with Gasteiger partial charge in [0, 0.05) is 12.6 Å². The molecule has 128 valence electrons. The van der Waals surface area contributed by atoms with Crippen molar-refractivity contribution in [3.05, 3.63) is 41.8 Å². The first-order valence-electron chi connectivity index (χ1n) is 7.15. The van der Waals surface area contributed by atoms with Crippen molar-refractivity contribution in [3.8, 4) is 5.75 Å². The highest BCUT2D eigenvalue weighted by atomic mass is 32.2. The number of carbonyl (C=O) groups is 1. The van der Waals surface area contributed by atoms with E-state index in [4.69, 9.17) is 9.47 Å². The van der Waals surface area contributed by atoms with Crippen LogP contribution in [0.1, 0.15) is 0 Å². The Labute approximate surface area is 143 Å². The maximum Gasteiger partial charge on any atom is 0.414 e. The third-order valence-corrected chi connectivity index (χ3v) is 6.32. The summed E-state index contributed by atoms with van der Waals surface area (Å²) in [6.07, 6.45) is -1.07. The molecule has 9 heteroatoms. The quantitative estimate of drug-likeness (QED) is 0.844. The Hall–Kier alpha value is -2.10. The molecule has 0 saturated carbocycles. The molecule has 1 fully saturated rings. The molecule has 1 aromatic carbocycles. The zero-order valence-corrected chi connectivity index (χ0v) is 14.5. The first kappa shape index (κ1) is 16.7. The van der Waals surface area contributed by atoms with Crippen LogP contribution in [-0.2, 0) is 14.8 Å². The Morgan fingerprint density at radius 1 is 1.38 bits per heavy atom. The van der Waals surface area contributed by atoms with Gasteiger partial charge in [-0.25, -0.2) is 17.9 Å². The van der Waals surface area contributed by atoms with Crippen LogP contribution in [0.2, 0.25) is 0 Å². The molecule has 1 saturated heterocycles. The van der Waals surface area contributed by atoms with E-state index in [1.165, 1.54) is 11.0 Å². The lowest BCUT2D eigenvalue weighted by molar-refractivity contribution is 0.143. The number of hydrogen-bond acceptors (Lipinski definition) is 6. The summed E-state index contributed by atoms with van der Waals surface area (Å²) in [4.78, 5) is 13.5. The maximum absolute atomic E-state index is 12.1. The summed E-state index contributed by atoms with van der Waals surface area (Å²) < 4.78 is 37.3. The number of cyclic esters (lactones) is 1. The minimum absolute atomic E-state index is 0.0203. The number of benzene rings is 1. The summed E-state index contributed by atoms with van der Waals surface area (Å²) in [5.41, 5.74) is 0.642. The average Bonchev–Trinajstić information content (AvgIpc) is 3.23. The van der Waals surface area contributed by atoms with Gasteiger partial charge in [-0.3, -0.25) is 4.90 Å². The second kappa shape index (κ2) is 6.80. The smallest absolute Gasteiger partial charge is 0.414 e. The summed E-state index contributed by atoms with van der Waals surface area (Å²) in [5, 5.41) is 1.69. The Balaban J connectivity index is 1.65. The number of nitrogens with one attached hydrogen (secondary N) is 1. The van der Waals surface area contributed by atoms with Crippen LogP contribution in [0.15, 0.2) is 46.0 Å². The Bertz CT molecular complexity index is 820. The van der Waals surface area contributed by atoms with E-state index in [1.807, 2.05) is 0 Å². The lowest BCUT2D eigenvalue weighted by Gasteiger charge is -2.14. The van der Waals surface area contributed by atoms with Gasteiger partial charge >= 0.3 is 6.09 Å². The van der Waals surface area contributed by atoms with Crippen molar-refractivity contribution >= 4 is 33.1 Å². The van der Waals surface area contributed by atoms with E-state index in [0.717, 1.165) is 11.3 Å². The van der Waals surface area contributed by atoms with Gasteiger partial charge < -0.3 is 9.47 Å². The second-order valence-electron chi connectivity index (χ2n) is 5.10. The number of thiophene rings is 1. The monoisotopic (exact) mass is 368 g/mol. The lowest BCUT2D eigenvalue weighted by atomic mass is 10.2. The summed E-state index contributed by atoms with van der Waals surface area (Å²) in [6, 6.07) is 10.2.